The Bertz CT molecular complexity index is 884. The average Bonchev–Trinajstić information content (AvgIpc) is 3.33. The Kier molecular flexibility index (Phi) is 11.0. The highest BCUT2D eigenvalue weighted by atomic mass is 127. The topological polar surface area (TPSA) is 76.4 Å². The minimum atomic E-state index is 0. The van der Waals surface area contributed by atoms with Crippen LogP contribution in [0.1, 0.15) is 37.5 Å². The SMILES string of the molecule is CCNC(=NCc1ccc(-n2cncn2)cc1)NCCCOC(C)c1ccccc1.I. The van der Waals surface area contributed by atoms with Gasteiger partial charge in [0.05, 0.1) is 18.3 Å². The second kappa shape index (κ2) is 13.8. The molecule has 8 heteroatoms. The Hall–Kier alpha value is -2.46. The number of ether oxygens (including phenoxy) is 1. The summed E-state index contributed by atoms with van der Waals surface area (Å²) in [6.07, 6.45) is 4.23. The molecule has 0 spiro atoms. The highest BCUT2D eigenvalue weighted by Crippen LogP contribution is 2.15. The first-order valence-corrected chi connectivity index (χ1v) is 10.4. The van der Waals surface area contributed by atoms with Crippen LogP contribution < -0.4 is 10.6 Å². The summed E-state index contributed by atoms with van der Waals surface area (Å²) in [7, 11) is 0. The molecule has 1 aromatic heterocycles. The molecule has 0 radical (unpaired) electrons. The minimum absolute atomic E-state index is 0. The van der Waals surface area contributed by atoms with Crippen LogP contribution in [0, 0.1) is 0 Å². The molecule has 0 fully saturated rings. The fourth-order valence-electron chi connectivity index (χ4n) is 2.97. The lowest BCUT2D eigenvalue weighted by atomic mass is 10.1. The van der Waals surface area contributed by atoms with E-state index >= 15 is 0 Å². The number of aromatic nitrogens is 3. The highest BCUT2D eigenvalue weighted by Gasteiger charge is 2.04. The number of aliphatic imine (C=N–C) groups is 1. The zero-order chi connectivity index (χ0) is 21.0. The van der Waals surface area contributed by atoms with Gasteiger partial charge in [0.2, 0.25) is 0 Å². The van der Waals surface area contributed by atoms with E-state index in [1.54, 1.807) is 11.0 Å². The normalized spacial score (nSPS) is 12.1. The summed E-state index contributed by atoms with van der Waals surface area (Å²) in [6, 6.07) is 18.4. The van der Waals surface area contributed by atoms with Crippen molar-refractivity contribution >= 4 is 29.9 Å². The number of nitrogens with zero attached hydrogens (tertiary/aromatic N) is 4. The molecule has 166 valence electrons. The molecule has 0 aliphatic heterocycles. The zero-order valence-electron chi connectivity index (χ0n) is 18.1. The molecule has 2 aromatic carbocycles. The van der Waals surface area contributed by atoms with Crippen molar-refractivity contribution in [3.63, 3.8) is 0 Å². The molecule has 1 heterocycles. The van der Waals surface area contributed by atoms with Crippen molar-refractivity contribution in [2.45, 2.75) is 32.9 Å². The summed E-state index contributed by atoms with van der Waals surface area (Å²) in [4.78, 5) is 8.65. The largest absolute Gasteiger partial charge is 0.374 e. The van der Waals surface area contributed by atoms with Gasteiger partial charge in [-0.15, -0.1) is 24.0 Å². The van der Waals surface area contributed by atoms with E-state index in [1.165, 1.54) is 11.9 Å². The summed E-state index contributed by atoms with van der Waals surface area (Å²) < 4.78 is 7.66. The third-order valence-electron chi connectivity index (χ3n) is 4.63. The number of rotatable bonds is 10. The van der Waals surface area contributed by atoms with E-state index < -0.39 is 0 Å². The van der Waals surface area contributed by atoms with Gasteiger partial charge < -0.3 is 15.4 Å². The van der Waals surface area contributed by atoms with Gasteiger partial charge in [-0.3, -0.25) is 0 Å². The molecule has 1 atom stereocenters. The molecule has 0 bridgehead atoms. The lowest BCUT2D eigenvalue weighted by Gasteiger charge is -2.14. The van der Waals surface area contributed by atoms with E-state index in [0.29, 0.717) is 13.2 Å². The fourth-order valence-corrected chi connectivity index (χ4v) is 2.97. The first kappa shape index (κ1) is 24.8. The van der Waals surface area contributed by atoms with E-state index in [4.69, 9.17) is 4.74 Å². The molecular weight excluding hydrogens is 503 g/mol. The first-order valence-electron chi connectivity index (χ1n) is 10.4. The molecule has 0 saturated carbocycles. The third kappa shape index (κ3) is 8.29. The van der Waals surface area contributed by atoms with E-state index in [0.717, 1.165) is 36.7 Å². The van der Waals surface area contributed by atoms with Gasteiger partial charge in [-0.2, -0.15) is 5.10 Å². The quantitative estimate of drug-likeness (QED) is 0.177. The van der Waals surface area contributed by atoms with Crippen LogP contribution in [0.2, 0.25) is 0 Å². The first-order chi connectivity index (χ1) is 14.8. The number of benzene rings is 2. The van der Waals surface area contributed by atoms with Crippen LogP contribution in [-0.2, 0) is 11.3 Å². The molecular formula is C23H31IN6O. The number of hydrogen-bond acceptors (Lipinski definition) is 4. The Morgan fingerprint density at radius 2 is 1.87 bits per heavy atom. The Morgan fingerprint density at radius 3 is 2.55 bits per heavy atom. The maximum absolute atomic E-state index is 5.93. The number of halogens is 1. The van der Waals surface area contributed by atoms with Crippen LogP contribution in [0.15, 0.2) is 72.2 Å². The molecule has 0 amide bonds. The van der Waals surface area contributed by atoms with Crippen LogP contribution >= 0.6 is 24.0 Å². The van der Waals surface area contributed by atoms with Crippen molar-refractivity contribution in [3.8, 4) is 5.69 Å². The average molecular weight is 534 g/mol. The smallest absolute Gasteiger partial charge is 0.191 e. The van der Waals surface area contributed by atoms with E-state index in [2.05, 4.69) is 63.8 Å². The standard InChI is InChI=1S/C23H30N6O.HI/c1-3-25-23(26-14-7-15-30-19(2)21-8-5-4-6-9-21)27-16-20-10-12-22(13-11-20)29-18-24-17-28-29;/h4-6,8-13,17-19H,3,7,14-16H2,1-2H3,(H2,25,26,27);1H. The summed E-state index contributed by atoms with van der Waals surface area (Å²) in [5.74, 6) is 0.814. The zero-order valence-corrected chi connectivity index (χ0v) is 20.4. The maximum atomic E-state index is 5.93. The van der Waals surface area contributed by atoms with Crippen molar-refractivity contribution < 1.29 is 4.74 Å². The van der Waals surface area contributed by atoms with Gasteiger partial charge >= 0.3 is 0 Å². The molecule has 0 aliphatic rings. The van der Waals surface area contributed by atoms with Gasteiger partial charge in [0.25, 0.3) is 0 Å². The van der Waals surface area contributed by atoms with Crippen molar-refractivity contribution in [2.24, 2.45) is 4.99 Å². The molecule has 0 aliphatic carbocycles. The van der Waals surface area contributed by atoms with Crippen LogP contribution in [0.3, 0.4) is 0 Å². The molecule has 0 saturated heterocycles. The van der Waals surface area contributed by atoms with Crippen LogP contribution in [-0.4, -0.2) is 40.4 Å². The fraction of sp³-hybridized carbons (Fsp3) is 0.348. The number of nitrogens with one attached hydrogen (secondary N) is 2. The van der Waals surface area contributed by atoms with Gasteiger partial charge in [-0.25, -0.2) is 14.7 Å². The van der Waals surface area contributed by atoms with Gasteiger partial charge in [0.15, 0.2) is 5.96 Å². The van der Waals surface area contributed by atoms with E-state index in [9.17, 15) is 0 Å². The molecule has 3 rings (SSSR count). The van der Waals surface area contributed by atoms with Gasteiger partial charge in [0, 0.05) is 19.7 Å². The Labute approximate surface area is 201 Å². The van der Waals surface area contributed by atoms with E-state index in [1.807, 2.05) is 30.3 Å². The van der Waals surface area contributed by atoms with Crippen molar-refractivity contribution in [2.75, 3.05) is 19.7 Å². The number of guanidine groups is 1. The van der Waals surface area contributed by atoms with Crippen LogP contribution in [0.25, 0.3) is 5.69 Å². The van der Waals surface area contributed by atoms with Crippen LogP contribution in [0.5, 0.6) is 0 Å². The Balaban J connectivity index is 0.00000341. The second-order valence-corrected chi connectivity index (χ2v) is 6.91. The van der Waals surface area contributed by atoms with Crippen molar-refractivity contribution in [1.29, 1.82) is 0 Å². The maximum Gasteiger partial charge on any atom is 0.191 e. The van der Waals surface area contributed by atoms with Gasteiger partial charge in [-0.05, 0) is 43.5 Å². The summed E-state index contributed by atoms with van der Waals surface area (Å²) in [6.45, 7) is 7.08. The minimum Gasteiger partial charge on any atom is -0.374 e. The summed E-state index contributed by atoms with van der Waals surface area (Å²) in [5.41, 5.74) is 3.32. The molecule has 1 unspecified atom stereocenters. The van der Waals surface area contributed by atoms with Gasteiger partial charge in [0.1, 0.15) is 12.7 Å². The highest BCUT2D eigenvalue weighted by molar-refractivity contribution is 14.0. The van der Waals surface area contributed by atoms with E-state index in [-0.39, 0.29) is 30.1 Å². The molecule has 3 aromatic rings. The second-order valence-electron chi connectivity index (χ2n) is 6.91. The Morgan fingerprint density at radius 1 is 1.10 bits per heavy atom. The molecule has 7 nitrogen and oxygen atoms in total. The van der Waals surface area contributed by atoms with Gasteiger partial charge in [-0.1, -0.05) is 42.5 Å². The molecule has 2 N–H and O–H groups in total. The summed E-state index contributed by atoms with van der Waals surface area (Å²) >= 11 is 0. The lowest BCUT2D eigenvalue weighted by Crippen LogP contribution is -2.38. The van der Waals surface area contributed by atoms with Crippen LogP contribution in [0.4, 0.5) is 0 Å². The predicted molar refractivity (Wildman–Crippen MR) is 135 cm³/mol. The van der Waals surface area contributed by atoms with Crippen molar-refractivity contribution in [1.82, 2.24) is 25.4 Å². The lowest BCUT2D eigenvalue weighted by molar-refractivity contribution is 0.0646. The monoisotopic (exact) mass is 534 g/mol. The summed E-state index contributed by atoms with van der Waals surface area (Å²) in [5, 5.41) is 10.8. The predicted octanol–water partition coefficient (Wildman–Crippen LogP) is 4.11. The number of hydrogen-bond donors (Lipinski definition) is 2. The molecule has 31 heavy (non-hydrogen) atoms. The van der Waals surface area contributed by atoms with Crippen molar-refractivity contribution in [3.05, 3.63) is 78.4 Å². The third-order valence-corrected chi connectivity index (χ3v) is 4.63.